The van der Waals surface area contributed by atoms with E-state index in [1.165, 1.54) is 6.92 Å². The predicted molar refractivity (Wildman–Crippen MR) is 52.4 cm³/mol. The molecule has 0 spiro atoms. The SMILES string of the molecule is C[C@@H](O)CNS(=O)(=O)c1[nH]ncc1C(=O)O. The monoisotopic (exact) mass is 249 g/mol. The van der Waals surface area contributed by atoms with Gasteiger partial charge in [-0.3, -0.25) is 5.10 Å². The first-order valence-electron chi connectivity index (χ1n) is 4.29. The molecule has 0 radical (unpaired) electrons. The number of sulfonamides is 1. The predicted octanol–water partition coefficient (Wildman–Crippen LogP) is -1.23. The number of H-pyrrole nitrogens is 1. The molecule has 16 heavy (non-hydrogen) atoms. The van der Waals surface area contributed by atoms with Gasteiger partial charge in [0, 0.05) is 6.54 Å². The first kappa shape index (κ1) is 12.6. The Bertz CT molecular complexity index is 478. The summed E-state index contributed by atoms with van der Waals surface area (Å²) in [4.78, 5) is 10.7. The summed E-state index contributed by atoms with van der Waals surface area (Å²) < 4.78 is 25.2. The van der Waals surface area contributed by atoms with E-state index in [1.54, 1.807) is 0 Å². The molecule has 0 saturated carbocycles. The van der Waals surface area contributed by atoms with E-state index in [1.807, 2.05) is 4.72 Å². The Hall–Kier alpha value is -1.45. The minimum Gasteiger partial charge on any atom is -0.478 e. The summed E-state index contributed by atoms with van der Waals surface area (Å²) in [6.45, 7) is 1.19. The van der Waals surface area contributed by atoms with Crippen molar-refractivity contribution < 1.29 is 23.4 Å². The van der Waals surface area contributed by atoms with Gasteiger partial charge >= 0.3 is 5.97 Å². The van der Waals surface area contributed by atoms with Crippen LogP contribution in [0.3, 0.4) is 0 Å². The van der Waals surface area contributed by atoms with Gasteiger partial charge in [-0.2, -0.15) is 5.10 Å². The number of aromatic amines is 1. The number of aliphatic hydroxyl groups is 1. The molecule has 0 fully saturated rings. The van der Waals surface area contributed by atoms with Gasteiger partial charge in [-0.1, -0.05) is 0 Å². The molecule has 1 aromatic heterocycles. The number of aliphatic hydroxyl groups excluding tert-OH is 1. The van der Waals surface area contributed by atoms with Crippen molar-refractivity contribution in [2.45, 2.75) is 18.1 Å². The maximum Gasteiger partial charge on any atom is 0.340 e. The van der Waals surface area contributed by atoms with Crippen molar-refractivity contribution in [3.05, 3.63) is 11.8 Å². The van der Waals surface area contributed by atoms with Crippen molar-refractivity contribution in [2.75, 3.05) is 6.54 Å². The number of aromatic nitrogens is 2. The lowest BCUT2D eigenvalue weighted by atomic mass is 10.4. The van der Waals surface area contributed by atoms with Gasteiger partial charge in [0.25, 0.3) is 10.0 Å². The lowest BCUT2D eigenvalue weighted by Gasteiger charge is -2.06. The summed E-state index contributed by atoms with van der Waals surface area (Å²) in [5.74, 6) is -1.40. The lowest BCUT2D eigenvalue weighted by Crippen LogP contribution is -2.31. The Labute approximate surface area is 91.3 Å². The van der Waals surface area contributed by atoms with Gasteiger partial charge < -0.3 is 10.2 Å². The summed E-state index contributed by atoms with van der Waals surface area (Å²) in [5.41, 5.74) is -0.446. The first-order valence-corrected chi connectivity index (χ1v) is 5.77. The van der Waals surface area contributed by atoms with Gasteiger partial charge in [0.05, 0.1) is 12.3 Å². The molecule has 0 bridgehead atoms. The van der Waals surface area contributed by atoms with Crippen molar-refractivity contribution in [3.8, 4) is 0 Å². The molecular weight excluding hydrogens is 238 g/mol. The Morgan fingerprint density at radius 1 is 1.69 bits per heavy atom. The largest absolute Gasteiger partial charge is 0.478 e. The summed E-state index contributed by atoms with van der Waals surface area (Å²) in [5, 5.41) is 22.5. The number of carboxylic acid groups (broad SMARTS) is 1. The third-order valence-electron chi connectivity index (χ3n) is 1.67. The fourth-order valence-corrected chi connectivity index (χ4v) is 2.14. The Kier molecular flexibility index (Phi) is 3.62. The third kappa shape index (κ3) is 2.78. The smallest absolute Gasteiger partial charge is 0.340 e. The molecule has 1 rings (SSSR count). The molecule has 0 aliphatic rings. The molecule has 9 heteroatoms. The molecule has 0 saturated heterocycles. The standard InChI is InChI=1S/C7H11N3O5S/c1-4(11)2-9-16(14,15)6-5(7(12)13)3-8-10-6/h3-4,9,11H,2H2,1H3,(H,8,10)(H,12,13)/t4-/m1/s1. The van der Waals surface area contributed by atoms with Crippen LogP contribution < -0.4 is 4.72 Å². The van der Waals surface area contributed by atoms with Crippen LogP contribution in [-0.4, -0.2) is 47.4 Å². The Morgan fingerprint density at radius 3 is 2.81 bits per heavy atom. The molecule has 0 aliphatic carbocycles. The number of nitrogens with one attached hydrogen (secondary N) is 2. The maximum absolute atomic E-state index is 11.6. The minimum atomic E-state index is -4.00. The number of hydrogen-bond donors (Lipinski definition) is 4. The van der Waals surface area contributed by atoms with E-state index in [-0.39, 0.29) is 6.54 Å². The molecule has 1 heterocycles. The van der Waals surface area contributed by atoms with Gasteiger partial charge in [-0.25, -0.2) is 17.9 Å². The van der Waals surface area contributed by atoms with Crippen LogP contribution in [0.1, 0.15) is 17.3 Å². The van der Waals surface area contributed by atoms with Gasteiger partial charge in [0.15, 0.2) is 5.03 Å². The van der Waals surface area contributed by atoms with Crippen LogP contribution in [0.25, 0.3) is 0 Å². The molecule has 8 nitrogen and oxygen atoms in total. The Morgan fingerprint density at radius 2 is 2.31 bits per heavy atom. The summed E-state index contributed by atoms with van der Waals surface area (Å²) in [6.07, 6.45) is 0.0326. The number of nitrogens with zero attached hydrogens (tertiary/aromatic N) is 1. The molecule has 0 amide bonds. The van der Waals surface area contributed by atoms with Crippen LogP contribution in [-0.2, 0) is 10.0 Å². The zero-order valence-corrected chi connectivity index (χ0v) is 9.15. The number of carbonyl (C=O) groups is 1. The van der Waals surface area contributed by atoms with Crippen molar-refractivity contribution in [3.63, 3.8) is 0 Å². The Balaban J connectivity index is 2.99. The van der Waals surface area contributed by atoms with Crippen LogP contribution in [0.5, 0.6) is 0 Å². The lowest BCUT2D eigenvalue weighted by molar-refractivity contribution is 0.0692. The van der Waals surface area contributed by atoms with Crippen molar-refractivity contribution >= 4 is 16.0 Å². The van der Waals surface area contributed by atoms with E-state index in [0.717, 1.165) is 6.20 Å². The van der Waals surface area contributed by atoms with Gasteiger partial charge in [0.2, 0.25) is 0 Å². The number of hydrogen-bond acceptors (Lipinski definition) is 5. The first-order chi connectivity index (χ1) is 7.34. The zero-order valence-electron chi connectivity index (χ0n) is 8.34. The summed E-state index contributed by atoms with van der Waals surface area (Å²) in [6, 6.07) is 0. The van der Waals surface area contributed by atoms with E-state index >= 15 is 0 Å². The molecule has 1 aromatic rings. The number of aromatic carboxylic acids is 1. The van der Waals surface area contributed by atoms with Crippen LogP contribution in [0, 0.1) is 0 Å². The van der Waals surface area contributed by atoms with Gasteiger partial charge in [-0.15, -0.1) is 0 Å². The molecule has 4 N–H and O–H groups in total. The van der Waals surface area contributed by atoms with E-state index < -0.39 is 32.7 Å². The molecule has 0 aromatic carbocycles. The van der Waals surface area contributed by atoms with Gasteiger partial charge in [0.1, 0.15) is 5.56 Å². The highest BCUT2D eigenvalue weighted by atomic mass is 32.2. The second-order valence-electron chi connectivity index (χ2n) is 3.12. The molecular formula is C7H11N3O5S. The summed E-state index contributed by atoms with van der Waals surface area (Å²) >= 11 is 0. The summed E-state index contributed by atoms with van der Waals surface area (Å²) in [7, 11) is -4.00. The highest BCUT2D eigenvalue weighted by Gasteiger charge is 2.24. The topological polar surface area (TPSA) is 132 Å². The average molecular weight is 249 g/mol. The molecule has 0 aliphatic heterocycles. The maximum atomic E-state index is 11.6. The van der Waals surface area contributed by atoms with Crippen molar-refractivity contribution in [1.29, 1.82) is 0 Å². The quantitative estimate of drug-likeness (QED) is 0.516. The molecule has 0 unspecified atom stereocenters. The van der Waals surface area contributed by atoms with Crippen LogP contribution in [0.4, 0.5) is 0 Å². The van der Waals surface area contributed by atoms with Crippen molar-refractivity contribution in [1.82, 2.24) is 14.9 Å². The zero-order chi connectivity index (χ0) is 12.3. The highest BCUT2D eigenvalue weighted by molar-refractivity contribution is 7.89. The fourth-order valence-electron chi connectivity index (χ4n) is 0.934. The van der Waals surface area contributed by atoms with Crippen molar-refractivity contribution in [2.24, 2.45) is 0 Å². The second kappa shape index (κ2) is 4.60. The number of rotatable bonds is 5. The normalized spacial score (nSPS) is 13.6. The van der Waals surface area contributed by atoms with E-state index in [4.69, 9.17) is 10.2 Å². The fraction of sp³-hybridized carbons (Fsp3) is 0.429. The third-order valence-corrected chi connectivity index (χ3v) is 3.07. The van der Waals surface area contributed by atoms with E-state index in [2.05, 4.69) is 10.2 Å². The average Bonchev–Trinajstić information content (AvgIpc) is 2.63. The molecule has 1 atom stereocenters. The van der Waals surface area contributed by atoms with Crippen LogP contribution in [0.2, 0.25) is 0 Å². The second-order valence-corrected chi connectivity index (χ2v) is 4.82. The van der Waals surface area contributed by atoms with Crippen LogP contribution >= 0.6 is 0 Å². The number of carboxylic acids is 1. The van der Waals surface area contributed by atoms with E-state index in [9.17, 15) is 13.2 Å². The highest BCUT2D eigenvalue weighted by Crippen LogP contribution is 2.11. The molecule has 90 valence electrons. The van der Waals surface area contributed by atoms with Crippen LogP contribution in [0.15, 0.2) is 11.2 Å². The van der Waals surface area contributed by atoms with Gasteiger partial charge in [-0.05, 0) is 6.92 Å². The van der Waals surface area contributed by atoms with E-state index in [0.29, 0.717) is 0 Å². The minimum absolute atomic E-state index is 0.208.